The molecular weight excluding hydrogens is 340 g/mol. The lowest BCUT2D eigenvalue weighted by atomic mass is 10.0. The van der Waals surface area contributed by atoms with E-state index in [0.29, 0.717) is 13.1 Å². The second-order valence-corrected chi connectivity index (χ2v) is 7.12. The molecule has 0 unspecified atom stereocenters. The third-order valence-electron chi connectivity index (χ3n) is 5.17. The fraction of sp³-hybridized carbons (Fsp3) is 0.400. The third kappa shape index (κ3) is 3.98. The highest BCUT2D eigenvalue weighted by Crippen LogP contribution is 2.19. The van der Waals surface area contributed by atoms with E-state index in [4.69, 9.17) is 0 Å². The van der Waals surface area contributed by atoms with E-state index in [1.807, 2.05) is 25.2 Å². The minimum Gasteiger partial charge on any atom is -0.340 e. The average Bonchev–Trinajstić information content (AvgIpc) is 3.35. The van der Waals surface area contributed by atoms with Gasteiger partial charge in [0.25, 0.3) is 0 Å². The molecule has 0 radical (unpaired) electrons. The Hall–Kier alpha value is -2.80. The molecule has 27 heavy (non-hydrogen) atoms. The van der Waals surface area contributed by atoms with Gasteiger partial charge in [-0.2, -0.15) is 0 Å². The molecule has 1 saturated heterocycles. The molecule has 0 N–H and O–H groups in total. The molecule has 0 aliphatic carbocycles. The van der Waals surface area contributed by atoms with Crippen LogP contribution in [0, 0.1) is 0 Å². The number of hydrogen-bond donors (Lipinski definition) is 0. The smallest absolute Gasteiger partial charge is 0.244 e. The molecule has 0 atom stereocenters. The maximum absolute atomic E-state index is 12.7. The summed E-state index contributed by atoms with van der Waals surface area (Å²) in [6, 6.07) is 14.4. The molecule has 0 saturated carbocycles. The summed E-state index contributed by atoms with van der Waals surface area (Å²) in [4.78, 5) is 16.8. The highest BCUT2D eigenvalue weighted by atomic mass is 16.2. The van der Waals surface area contributed by atoms with Crippen LogP contribution in [0.3, 0.4) is 0 Å². The molecule has 7 nitrogen and oxygen atoms in total. The van der Waals surface area contributed by atoms with Gasteiger partial charge in [0.2, 0.25) is 5.91 Å². The van der Waals surface area contributed by atoms with Crippen molar-refractivity contribution in [1.82, 2.24) is 30.0 Å². The van der Waals surface area contributed by atoms with Gasteiger partial charge in [-0.3, -0.25) is 9.69 Å². The van der Waals surface area contributed by atoms with E-state index in [0.717, 1.165) is 24.5 Å². The molecule has 0 spiro atoms. The predicted molar refractivity (Wildman–Crippen MR) is 103 cm³/mol. The highest BCUT2D eigenvalue weighted by molar-refractivity contribution is 5.86. The van der Waals surface area contributed by atoms with Crippen LogP contribution in [-0.4, -0.2) is 56.1 Å². The van der Waals surface area contributed by atoms with E-state index in [9.17, 15) is 4.79 Å². The first-order valence-electron chi connectivity index (χ1n) is 9.39. The number of fused-ring (bicyclic) bond motifs is 1. The van der Waals surface area contributed by atoms with Crippen LogP contribution in [-0.2, 0) is 24.4 Å². The molecular formula is C20H24N6O. The van der Waals surface area contributed by atoms with Crippen molar-refractivity contribution in [1.29, 1.82) is 0 Å². The zero-order valence-electron chi connectivity index (χ0n) is 15.6. The fourth-order valence-electron chi connectivity index (χ4n) is 3.62. The first-order valence-corrected chi connectivity index (χ1v) is 9.39. The third-order valence-corrected chi connectivity index (χ3v) is 5.17. The number of nitrogens with zero attached hydrogens (tertiary/aromatic N) is 6. The van der Waals surface area contributed by atoms with Crippen molar-refractivity contribution >= 4 is 16.7 Å². The van der Waals surface area contributed by atoms with E-state index in [1.165, 1.54) is 23.6 Å². The lowest BCUT2D eigenvalue weighted by molar-refractivity contribution is -0.131. The minimum atomic E-state index is -0.00194. The minimum absolute atomic E-state index is 0.00194. The molecule has 2 aromatic carbocycles. The van der Waals surface area contributed by atoms with Crippen molar-refractivity contribution in [3.63, 3.8) is 0 Å². The van der Waals surface area contributed by atoms with Crippen molar-refractivity contribution in [3.8, 4) is 0 Å². The largest absolute Gasteiger partial charge is 0.340 e. The van der Waals surface area contributed by atoms with Gasteiger partial charge < -0.3 is 4.90 Å². The van der Waals surface area contributed by atoms with Crippen molar-refractivity contribution in [2.24, 2.45) is 0 Å². The van der Waals surface area contributed by atoms with Crippen LogP contribution in [0.5, 0.6) is 0 Å². The summed E-state index contributed by atoms with van der Waals surface area (Å²) in [7, 11) is 1.83. The number of tetrazole rings is 1. The number of carbonyl (C=O) groups excluding carboxylic acids is 1. The number of benzene rings is 2. The number of likely N-dealkylation sites (N-methyl/N-ethyl adjacent to an activating group) is 1. The molecule has 1 amide bonds. The van der Waals surface area contributed by atoms with Crippen LogP contribution >= 0.6 is 0 Å². The van der Waals surface area contributed by atoms with Gasteiger partial charge in [0.1, 0.15) is 6.54 Å². The van der Waals surface area contributed by atoms with Gasteiger partial charge in [0, 0.05) is 13.6 Å². The predicted octanol–water partition coefficient (Wildman–Crippen LogP) is 2.08. The number of rotatable bonds is 6. The van der Waals surface area contributed by atoms with Crippen molar-refractivity contribution in [2.45, 2.75) is 32.5 Å². The van der Waals surface area contributed by atoms with Crippen molar-refractivity contribution in [3.05, 3.63) is 53.9 Å². The molecule has 4 rings (SSSR count). The maximum atomic E-state index is 12.7. The lowest BCUT2D eigenvalue weighted by Gasteiger charge is -2.19. The molecule has 1 aliphatic heterocycles. The molecule has 2 heterocycles. The first-order chi connectivity index (χ1) is 13.2. The van der Waals surface area contributed by atoms with Crippen LogP contribution in [0.15, 0.2) is 42.5 Å². The standard InChI is InChI=1S/C20H24N6O/c1-24(13-17-9-6-8-16-7-2-3-10-18(16)17)20(27)15-26-19(21-22-23-26)14-25-11-4-5-12-25/h2-3,6-10H,4-5,11-15H2,1H3. The van der Waals surface area contributed by atoms with E-state index in [2.05, 4.69) is 44.7 Å². The van der Waals surface area contributed by atoms with Crippen LogP contribution in [0.25, 0.3) is 10.8 Å². The molecule has 0 bridgehead atoms. The summed E-state index contributed by atoms with van der Waals surface area (Å²) >= 11 is 0. The Morgan fingerprint density at radius 3 is 2.74 bits per heavy atom. The van der Waals surface area contributed by atoms with Gasteiger partial charge in [-0.15, -0.1) is 5.10 Å². The monoisotopic (exact) mass is 364 g/mol. The van der Waals surface area contributed by atoms with E-state index >= 15 is 0 Å². The van der Waals surface area contributed by atoms with Crippen molar-refractivity contribution < 1.29 is 4.79 Å². The number of carbonyl (C=O) groups is 1. The quantitative estimate of drug-likeness (QED) is 0.670. The Balaban J connectivity index is 1.43. The lowest BCUT2D eigenvalue weighted by Crippen LogP contribution is -2.31. The topological polar surface area (TPSA) is 67.2 Å². The average molecular weight is 364 g/mol. The summed E-state index contributed by atoms with van der Waals surface area (Å²) < 4.78 is 1.63. The zero-order valence-corrected chi connectivity index (χ0v) is 15.6. The van der Waals surface area contributed by atoms with Gasteiger partial charge in [-0.25, -0.2) is 4.68 Å². The van der Waals surface area contributed by atoms with Gasteiger partial charge in [-0.1, -0.05) is 42.5 Å². The summed E-state index contributed by atoms with van der Waals surface area (Å²) in [5.74, 6) is 0.752. The molecule has 3 aromatic rings. The summed E-state index contributed by atoms with van der Waals surface area (Å²) in [6.45, 7) is 3.57. The molecule has 1 aromatic heterocycles. The highest BCUT2D eigenvalue weighted by Gasteiger charge is 2.19. The Morgan fingerprint density at radius 1 is 1.11 bits per heavy atom. The Bertz CT molecular complexity index is 926. The molecule has 7 heteroatoms. The molecule has 1 fully saturated rings. The maximum Gasteiger partial charge on any atom is 0.244 e. The van der Waals surface area contributed by atoms with E-state index < -0.39 is 0 Å². The van der Waals surface area contributed by atoms with Gasteiger partial charge in [0.15, 0.2) is 5.82 Å². The Morgan fingerprint density at radius 2 is 1.89 bits per heavy atom. The zero-order chi connectivity index (χ0) is 18.6. The number of aromatic nitrogens is 4. The van der Waals surface area contributed by atoms with Crippen LogP contribution in [0.1, 0.15) is 24.2 Å². The number of amides is 1. The number of hydrogen-bond acceptors (Lipinski definition) is 5. The molecule has 140 valence electrons. The van der Waals surface area contributed by atoms with Crippen LogP contribution < -0.4 is 0 Å². The second-order valence-electron chi connectivity index (χ2n) is 7.12. The first kappa shape index (κ1) is 17.6. The molecule has 1 aliphatic rings. The van der Waals surface area contributed by atoms with E-state index in [-0.39, 0.29) is 12.5 Å². The van der Waals surface area contributed by atoms with Crippen LogP contribution in [0.2, 0.25) is 0 Å². The summed E-state index contributed by atoms with van der Waals surface area (Å²) in [5.41, 5.74) is 1.14. The summed E-state index contributed by atoms with van der Waals surface area (Å²) in [6.07, 6.45) is 2.43. The summed E-state index contributed by atoms with van der Waals surface area (Å²) in [5, 5.41) is 14.3. The van der Waals surface area contributed by atoms with Crippen LogP contribution in [0.4, 0.5) is 0 Å². The van der Waals surface area contributed by atoms with Gasteiger partial charge in [-0.05, 0) is 52.7 Å². The SMILES string of the molecule is CN(Cc1cccc2ccccc12)C(=O)Cn1nnnc1CN1CCCC1. The van der Waals surface area contributed by atoms with Gasteiger partial charge in [0.05, 0.1) is 6.54 Å². The Labute approximate surface area is 158 Å². The Kier molecular flexibility index (Phi) is 5.11. The fourth-order valence-corrected chi connectivity index (χ4v) is 3.62. The van der Waals surface area contributed by atoms with E-state index in [1.54, 1.807) is 9.58 Å². The second kappa shape index (κ2) is 7.84. The van der Waals surface area contributed by atoms with Crippen molar-refractivity contribution in [2.75, 3.05) is 20.1 Å². The number of likely N-dealkylation sites (tertiary alicyclic amines) is 1. The van der Waals surface area contributed by atoms with Gasteiger partial charge >= 0.3 is 0 Å². The normalized spacial score (nSPS) is 14.7.